The summed E-state index contributed by atoms with van der Waals surface area (Å²) in [5, 5.41) is 22.6. The van der Waals surface area contributed by atoms with Gasteiger partial charge in [-0.05, 0) is 0 Å². The van der Waals surface area contributed by atoms with Crippen LogP contribution in [0.1, 0.15) is 0 Å². The van der Waals surface area contributed by atoms with Gasteiger partial charge in [0.1, 0.15) is 0 Å². The van der Waals surface area contributed by atoms with Crippen molar-refractivity contribution in [1.82, 2.24) is 0 Å². The number of nitrogens with zero attached hydrogens (tertiary/aromatic N) is 2. The molecule has 0 aliphatic carbocycles. The summed E-state index contributed by atoms with van der Waals surface area (Å²) in [6.07, 6.45) is 0. The van der Waals surface area contributed by atoms with Gasteiger partial charge >= 0.3 is 18.2 Å². The van der Waals surface area contributed by atoms with Gasteiger partial charge in [-0.3, -0.25) is 13.8 Å². The predicted molar refractivity (Wildman–Crippen MR) is 66.5 cm³/mol. The van der Waals surface area contributed by atoms with Crippen LogP contribution in [0, 0.1) is 20.2 Å². The maximum absolute atomic E-state index is 8.88. The van der Waals surface area contributed by atoms with Gasteiger partial charge < -0.3 is 35.2 Å². The quantitative estimate of drug-likeness (QED) is 0.0906. The Balaban J connectivity index is -0.0000000218. The lowest BCUT2D eigenvalue weighted by molar-refractivity contribution is -0.402. The molecule has 20 heteroatoms. The topological polar surface area (TPSA) is 268 Å². The average Bonchev–Trinajstić information content (AvgIpc) is 1.74. The Morgan fingerprint density at radius 2 is 1.10 bits per heavy atom. The average molecular weight is 442 g/mol. The molecule has 20 heavy (non-hydrogen) atoms. The third-order valence-corrected chi connectivity index (χ3v) is 0. The Morgan fingerprint density at radius 3 is 1.10 bits per heavy atom. The maximum atomic E-state index is 8.88. The van der Waals surface area contributed by atoms with E-state index in [1.807, 2.05) is 0 Å². The Morgan fingerprint density at radius 1 is 1.10 bits per heavy atom. The summed E-state index contributed by atoms with van der Waals surface area (Å²) in [6.45, 7) is 0. The molecular formula is H9BrClFN2O13PS-. The van der Waals surface area contributed by atoms with Gasteiger partial charge in [-0.15, -0.1) is 34.3 Å². The highest BCUT2D eigenvalue weighted by atomic mass is 79.9. The summed E-state index contributed by atoms with van der Waals surface area (Å²) >= 11 is 0. The Bertz CT molecular complexity index is 318. The first-order valence-corrected chi connectivity index (χ1v) is 5.37. The second-order valence-electron chi connectivity index (χ2n) is 1.27. The van der Waals surface area contributed by atoms with Gasteiger partial charge in [0.25, 0.3) is 0 Å². The number of halogens is 3. The molecule has 0 radical (unpaired) electrons. The molecule has 15 nitrogen and oxygen atoms in total. The van der Waals surface area contributed by atoms with E-state index in [0.29, 0.717) is 0 Å². The van der Waals surface area contributed by atoms with Crippen LogP contribution in [-0.2, 0) is 15.0 Å². The predicted octanol–water partition coefficient (Wildman–Crippen LogP) is -0.526. The van der Waals surface area contributed by atoms with Crippen molar-refractivity contribution in [2.45, 2.75) is 0 Å². The Labute approximate surface area is 125 Å². The van der Waals surface area contributed by atoms with E-state index in [2.05, 4.69) is 0 Å². The van der Waals surface area contributed by atoms with E-state index in [9.17, 15) is 0 Å². The highest BCUT2D eigenvalue weighted by molar-refractivity contribution is 8.93. The van der Waals surface area contributed by atoms with Crippen LogP contribution in [0.4, 0.5) is 4.70 Å². The molecule has 6 N–H and O–H groups in total. The number of hydrogen-bond acceptors (Lipinski definition) is 8. The van der Waals surface area contributed by atoms with Crippen molar-refractivity contribution in [3.05, 3.63) is 20.2 Å². The molecule has 0 aromatic carbocycles. The normalized spacial score (nSPS) is 7.65. The van der Waals surface area contributed by atoms with Crippen molar-refractivity contribution < 1.29 is 51.8 Å². The van der Waals surface area contributed by atoms with Crippen LogP contribution >= 0.6 is 37.2 Å². The molecule has 0 unspecified atom stereocenters. The van der Waals surface area contributed by atoms with Gasteiger partial charge in [0.05, 0.1) is 5.09 Å². The van der Waals surface area contributed by atoms with E-state index >= 15 is 0 Å². The summed E-state index contributed by atoms with van der Waals surface area (Å²) < 4.78 is 40.5. The summed E-state index contributed by atoms with van der Waals surface area (Å²) in [5.41, 5.74) is 0. The first-order chi connectivity index (χ1) is 7.15. The largest absolute Gasteiger partial charge is 0.466 e. The molecule has 0 aliphatic rings. The Kier molecular flexibility index (Phi) is 49.9. The summed E-state index contributed by atoms with van der Waals surface area (Å²) in [6, 6.07) is 0. The van der Waals surface area contributed by atoms with E-state index in [1.54, 1.807) is 0 Å². The first-order valence-electron chi connectivity index (χ1n) is 2.41. The number of hydrogen-bond donors (Lipinski definition) is 6. The lowest BCUT2D eigenvalue weighted by Crippen LogP contribution is -1.89. The smallest absolute Gasteiger partial charge is 0.379 e. The zero-order chi connectivity index (χ0) is 15.3. The lowest BCUT2D eigenvalue weighted by Gasteiger charge is -1.82. The highest BCUT2D eigenvalue weighted by Gasteiger charge is 2.00. The molecule has 0 aliphatic heterocycles. The molecule has 130 valence electrons. The SMILES string of the molecule is Br.Cl.F.O=NO.O=P(O)(O)O.O=S(=O)(O)O.O=[N+]([O-])[O-]. The van der Waals surface area contributed by atoms with Crippen molar-refractivity contribution in [2.75, 3.05) is 0 Å². The van der Waals surface area contributed by atoms with Crippen molar-refractivity contribution in [1.29, 1.82) is 0 Å². The monoisotopic (exact) mass is 441 g/mol. The van der Waals surface area contributed by atoms with E-state index in [-0.39, 0.29) is 34.1 Å². The van der Waals surface area contributed by atoms with Gasteiger partial charge in [0.2, 0.25) is 0 Å². The van der Waals surface area contributed by atoms with Gasteiger partial charge in [0.15, 0.2) is 5.34 Å². The minimum absolute atomic E-state index is 0. The van der Waals surface area contributed by atoms with Crippen molar-refractivity contribution in [3.63, 3.8) is 0 Å². The summed E-state index contributed by atoms with van der Waals surface area (Å²) in [7, 11) is -9.31. The van der Waals surface area contributed by atoms with Gasteiger partial charge in [0, 0.05) is 0 Å². The van der Waals surface area contributed by atoms with Gasteiger partial charge in [-0.25, -0.2) is 4.57 Å². The van der Waals surface area contributed by atoms with Crippen molar-refractivity contribution in [2.24, 2.45) is 5.34 Å². The van der Waals surface area contributed by atoms with Gasteiger partial charge in [-0.2, -0.15) is 8.42 Å². The summed E-state index contributed by atoms with van der Waals surface area (Å²) in [4.78, 5) is 37.9. The summed E-state index contributed by atoms with van der Waals surface area (Å²) in [5.74, 6) is 0. The second kappa shape index (κ2) is 23.4. The maximum Gasteiger partial charge on any atom is 0.466 e. The minimum Gasteiger partial charge on any atom is -0.379 e. The fourth-order valence-electron chi connectivity index (χ4n) is 0. The fraction of sp³-hybridized carbons (Fsp3) is 0. The standard InChI is InChI=1S/BrH.ClH.FH.NO3.HNO2.H3O4P.H2O4S/c;;;2-1(3)4;2-1-3;2*1-5(2,3)4/h3*1H;;(H,2,3);(H3,1,2,3,4);(H2,1,2,3,4)/q;;;-1;;;. The Hall–Kier alpha value is -0.720. The molecular weight excluding hydrogens is 433 g/mol. The van der Waals surface area contributed by atoms with Crippen LogP contribution in [0.25, 0.3) is 0 Å². The zero-order valence-corrected chi connectivity index (χ0v) is 12.8. The lowest BCUT2D eigenvalue weighted by atomic mass is 13.1. The highest BCUT2D eigenvalue weighted by Crippen LogP contribution is 2.25. The molecule has 0 bridgehead atoms. The van der Waals surface area contributed by atoms with Crippen molar-refractivity contribution in [3.8, 4) is 0 Å². The minimum atomic E-state index is -4.67. The molecule has 0 rings (SSSR count). The molecule has 0 atom stereocenters. The van der Waals surface area contributed by atoms with Crippen molar-refractivity contribution >= 4 is 47.6 Å². The van der Waals surface area contributed by atoms with Crippen LogP contribution in [0.5, 0.6) is 0 Å². The molecule has 0 saturated heterocycles. The molecule has 0 amide bonds. The zero-order valence-electron chi connectivity index (χ0n) is 8.52. The molecule has 0 saturated carbocycles. The second-order valence-corrected chi connectivity index (χ2v) is 3.19. The van der Waals surface area contributed by atoms with Gasteiger partial charge in [-0.1, -0.05) is 0 Å². The van der Waals surface area contributed by atoms with E-state index < -0.39 is 23.3 Å². The fourth-order valence-corrected chi connectivity index (χ4v) is 0. The third-order valence-electron chi connectivity index (χ3n) is 0. The number of phosphoric acid groups is 1. The van der Waals surface area contributed by atoms with Crippen LogP contribution < -0.4 is 0 Å². The van der Waals surface area contributed by atoms with Crippen LogP contribution in [0.15, 0.2) is 5.34 Å². The molecule has 0 aromatic heterocycles. The molecule has 0 spiro atoms. The molecule has 0 fully saturated rings. The van der Waals surface area contributed by atoms with E-state index in [1.165, 1.54) is 5.34 Å². The van der Waals surface area contributed by atoms with E-state index in [4.69, 9.17) is 62.2 Å². The van der Waals surface area contributed by atoms with Crippen LogP contribution in [0.3, 0.4) is 0 Å². The molecule has 0 aromatic rings. The number of rotatable bonds is 0. The van der Waals surface area contributed by atoms with Crippen LogP contribution in [0.2, 0.25) is 0 Å². The molecule has 0 heterocycles. The van der Waals surface area contributed by atoms with Crippen LogP contribution in [-0.4, -0.2) is 42.5 Å². The third kappa shape index (κ3) is 8830. The first kappa shape index (κ1) is 42.7. The van der Waals surface area contributed by atoms with E-state index in [0.717, 1.165) is 0 Å².